The molecule has 0 radical (unpaired) electrons. The van der Waals surface area contributed by atoms with Crippen molar-refractivity contribution < 1.29 is 27.4 Å². The average molecular weight is 330 g/mol. The number of carbonyl (C=O) groups excluding carboxylic acids is 1. The number of thiazole rings is 1. The van der Waals surface area contributed by atoms with Crippen molar-refractivity contribution in [2.45, 2.75) is 6.18 Å². The first-order valence-electron chi connectivity index (χ1n) is 6.07. The molecular formula is C13H9F3N2O3S. The van der Waals surface area contributed by atoms with E-state index in [1.54, 1.807) is 18.3 Å². The summed E-state index contributed by atoms with van der Waals surface area (Å²) in [4.78, 5) is 15.4. The zero-order valence-electron chi connectivity index (χ0n) is 11.2. The fourth-order valence-corrected chi connectivity index (χ4v) is 2.89. The van der Waals surface area contributed by atoms with Crippen molar-refractivity contribution in [2.75, 3.05) is 13.7 Å². The molecule has 3 heterocycles. The third kappa shape index (κ3) is 2.37. The van der Waals surface area contributed by atoms with E-state index in [4.69, 9.17) is 9.47 Å². The highest BCUT2D eigenvalue weighted by Crippen LogP contribution is 2.35. The Bertz CT molecular complexity index is 761. The van der Waals surface area contributed by atoms with Gasteiger partial charge in [-0.1, -0.05) is 0 Å². The fraction of sp³-hybridized carbons (Fsp3) is 0.231. The molecule has 0 N–H and O–H groups in total. The highest BCUT2D eigenvalue weighted by Gasteiger charge is 2.35. The molecule has 0 aromatic carbocycles. The van der Waals surface area contributed by atoms with Crippen molar-refractivity contribution in [3.8, 4) is 10.7 Å². The van der Waals surface area contributed by atoms with Gasteiger partial charge >= 0.3 is 12.1 Å². The molecular weight excluding hydrogens is 321 g/mol. The first-order chi connectivity index (χ1) is 10.4. The van der Waals surface area contributed by atoms with Crippen LogP contribution in [0.2, 0.25) is 0 Å². The predicted octanol–water partition coefficient (Wildman–Crippen LogP) is 3.00. The summed E-state index contributed by atoms with van der Waals surface area (Å²) >= 11 is 0.850. The number of cyclic esters (lactones) is 1. The van der Waals surface area contributed by atoms with Gasteiger partial charge in [0.2, 0.25) is 0 Å². The van der Waals surface area contributed by atoms with Gasteiger partial charge in [-0.25, -0.2) is 9.78 Å². The van der Waals surface area contributed by atoms with Crippen LogP contribution in [0.25, 0.3) is 16.4 Å². The average Bonchev–Trinajstić information content (AvgIpc) is 3.14. The molecule has 116 valence electrons. The summed E-state index contributed by atoms with van der Waals surface area (Å²) in [5.74, 6) is -0.281. The maximum atomic E-state index is 12.7. The van der Waals surface area contributed by atoms with E-state index in [1.807, 2.05) is 0 Å². The number of alkyl halides is 3. The van der Waals surface area contributed by atoms with Crippen molar-refractivity contribution in [1.29, 1.82) is 0 Å². The number of aromatic nitrogens is 2. The summed E-state index contributed by atoms with van der Waals surface area (Å²) in [7, 11) is 1.39. The van der Waals surface area contributed by atoms with Gasteiger partial charge in [0.15, 0.2) is 23.8 Å². The Morgan fingerprint density at radius 1 is 1.45 bits per heavy atom. The van der Waals surface area contributed by atoms with Gasteiger partial charge in [-0.15, -0.1) is 11.3 Å². The van der Waals surface area contributed by atoms with Gasteiger partial charge in [0.1, 0.15) is 5.01 Å². The van der Waals surface area contributed by atoms with E-state index in [-0.39, 0.29) is 17.3 Å². The highest BCUT2D eigenvalue weighted by molar-refractivity contribution is 7.13. The number of esters is 1. The second kappa shape index (κ2) is 5.16. The molecule has 0 spiro atoms. The Balaban J connectivity index is 2.07. The summed E-state index contributed by atoms with van der Waals surface area (Å²) in [6.07, 6.45) is -2.96. The van der Waals surface area contributed by atoms with Crippen molar-refractivity contribution in [2.24, 2.45) is 0 Å². The molecule has 9 heteroatoms. The summed E-state index contributed by atoms with van der Waals surface area (Å²) in [6.45, 7) is -0.00600. The zero-order valence-corrected chi connectivity index (χ0v) is 12.0. The van der Waals surface area contributed by atoms with Gasteiger partial charge in [0.05, 0.1) is 12.8 Å². The summed E-state index contributed by atoms with van der Waals surface area (Å²) < 4.78 is 49.4. The van der Waals surface area contributed by atoms with Crippen LogP contribution in [-0.2, 0) is 20.4 Å². The summed E-state index contributed by atoms with van der Waals surface area (Å²) in [5.41, 5.74) is -0.453. The van der Waals surface area contributed by atoms with Crippen LogP contribution in [0, 0.1) is 0 Å². The lowest BCUT2D eigenvalue weighted by Crippen LogP contribution is -2.08. The second-order valence-electron chi connectivity index (χ2n) is 4.35. The number of methoxy groups -OCH3 is 1. The number of hydrogen-bond acceptors (Lipinski definition) is 5. The van der Waals surface area contributed by atoms with Crippen LogP contribution in [0.5, 0.6) is 0 Å². The standard InChI is InChI=1S/C13H9F3N2O3S/c1-20-8-5-21-12(19)10(8)18-4-2-3-7(18)11-17-9(6-22-11)13(14,15)16/h2-4,6H,5H2,1H3. The van der Waals surface area contributed by atoms with E-state index in [0.717, 1.165) is 16.7 Å². The second-order valence-corrected chi connectivity index (χ2v) is 5.21. The molecule has 2 aromatic rings. The molecule has 5 nitrogen and oxygen atoms in total. The number of carbonyl (C=O) groups is 1. The lowest BCUT2D eigenvalue weighted by Gasteiger charge is -2.07. The molecule has 0 amide bonds. The number of hydrogen-bond donors (Lipinski definition) is 0. The quantitative estimate of drug-likeness (QED) is 0.812. The maximum Gasteiger partial charge on any atom is 0.434 e. The minimum Gasteiger partial charge on any atom is -0.495 e. The molecule has 0 atom stereocenters. The van der Waals surface area contributed by atoms with Gasteiger partial charge in [-0.3, -0.25) is 0 Å². The van der Waals surface area contributed by atoms with Gasteiger partial charge < -0.3 is 14.0 Å². The molecule has 0 saturated heterocycles. The van der Waals surface area contributed by atoms with Crippen molar-refractivity contribution in [1.82, 2.24) is 9.55 Å². The molecule has 1 aliphatic rings. The molecule has 0 aliphatic carbocycles. The molecule has 2 aromatic heterocycles. The van der Waals surface area contributed by atoms with E-state index < -0.39 is 17.8 Å². The minimum atomic E-state index is -4.50. The topological polar surface area (TPSA) is 53.4 Å². The lowest BCUT2D eigenvalue weighted by molar-refractivity contribution is -0.140. The molecule has 1 aliphatic heterocycles. The largest absolute Gasteiger partial charge is 0.495 e. The Labute approximate surface area is 126 Å². The number of rotatable bonds is 3. The van der Waals surface area contributed by atoms with E-state index in [0.29, 0.717) is 11.5 Å². The van der Waals surface area contributed by atoms with E-state index in [1.165, 1.54) is 11.7 Å². The number of halogens is 3. The van der Waals surface area contributed by atoms with Crippen LogP contribution < -0.4 is 0 Å². The van der Waals surface area contributed by atoms with Crippen LogP contribution in [0.3, 0.4) is 0 Å². The minimum absolute atomic E-state index is 0.00600. The molecule has 0 saturated carbocycles. The maximum absolute atomic E-state index is 12.7. The Hall–Kier alpha value is -2.29. The molecule has 0 fully saturated rings. The monoisotopic (exact) mass is 330 g/mol. The van der Waals surface area contributed by atoms with Gasteiger partial charge in [0, 0.05) is 11.6 Å². The Kier molecular flexibility index (Phi) is 3.44. The molecule has 0 unspecified atom stereocenters. The van der Waals surface area contributed by atoms with Crippen molar-refractivity contribution in [3.05, 3.63) is 35.2 Å². The summed E-state index contributed by atoms with van der Waals surface area (Å²) in [6, 6.07) is 3.18. The normalized spacial score (nSPS) is 15.4. The SMILES string of the molecule is COC1=C(n2cccc2-c2nc(C(F)(F)F)cs2)C(=O)OC1. The lowest BCUT2D eigenvalue weighted by atomic mass is 10.3. The third-order valence-corrected chi connectivity index (χ3v) is 3.91. The highest BCUT2D eigenvalue weighted by atomic mass is 32.1. The van der Waals surface area contributed by atoms with Crippen LogP contribution in [0.15, 0.2) is 29.5 Å². The van der Waals surface area contributed by atoms with Gasteiger partial charge in [0.25, 0.3) is 0 Å². The summed E-state index contributed by atoms with van der Waals surface area (Å²) in [5, 5.41) is 1.09. The van der Waals surface area contributed by atoms with Crippen molar-refractivity contribution in [3.63, 3.8) is 0 Å². The van der Waals surface area contributed by atoms with E-state index >= 15 is 0 Å². The fourth-order valence-electron chi connectivity index (χ4n) is 2.04. The Morgan fingerprint density at radius 2 is 2.23 bits per heavy atom. The van der Waals surface area contributed by atoms with Crippen molar-refractivity contribution >= 4 is 23.0 Å². The first kappa shape index (κ1) is 14.6. The molecule has 3 rings (SSSR count). The third-order valence-electron chi connectivity index (χ3n) is 3.04. The molecule has 22 heavy (non-hydrogen) atoms. The van der Waals surface area contributed by atoms with Gasteiger partial charge in [-0.05, 0) is 12.1 Å². The number of ether oxygens (including phenoxy) is 2. The van der Waals surface area contributed by atoms with Crippen LogP contribution in [0.1, 0.15) is 5.69 Å². The Morgan fingerprint density at radius 3 is 2.86 bits per heavy atom. The van der Waals surface area contributed by atoms with Crippen LogP contribution in [0.4, 0.5) is 13.2 Å². The predicted molar refractivity (Wildman–Crippen MR) is 71.7 cm³/mol. The number of nitrogens with zero attached hydrogens (tertiary/aromatic N) is 2. The molecule has 0 bridgehead atoms. The van der Waals surface area contributed by atoms with E-state index in [2.05, 4.69) is 4.98 Å². The van der Waals surface area contributed by atoms with Crippen LogP contribution in [-0.4, -0.2) is 29.2 Å². The zero-order chi connectivity index (χ0) is 15.9. The first-order valence-corrected chi connectivity index (χ1v) is 6.95. The van der Waals surface area contributed by atoms with Gasteiger partial charge in [-0.2, -0.15) is 13.2 Å². The van der Waals surface area contributed by atoms with Crippen LogP contribution >= 0.6 is 11.3 Å². The van der Waals surface area contributed by atoms with E-state index in [9.17, 15) is 18.0 Å². The smallest absolute Gasteiger partial charge is 0.434 e.